The van der Waals surface area contributed by atoms with Crippen LogP contribution in [0.25, 0.3) is 10.9 Å². The largest absolute Gasteiger partial charge is 0.469 e. The van der Waals surface area contributed by atoms with Crippen molar-refractivity contribution in [1.82, 2.24) is 4.98 Å². The van der Waals surface area contributed by atoms with Crippen LogP contribution in [0.5, 0.6) is 0 Å². The number of nitrogens with one attached hydrogen (secondary N) is 1. The normalized spacial score (nSPS) is 11.1. The van der Waals surface area contributed by atoms with Gasteiger partial charge in [-0.25, -0.2) is 4.39 Å². The number of aromatic nitrogens is 1. The fourth-order valence-corrected chi connectivity index (χ4v) is 2.64. The first-order chi connectivity index (χ1) is 11.9. The molecule has 0 bridgehead atoms. The number of benzene rings is 1. The molecule has 2 aromatic rings. The summed E-state index contributed by atoms with van der Waals surface area (Å²) in [5.41, 5.74) is 2.88. The second-order valence-corrected chi connectivity index (χ2v) is 6.17. The smallest absolute Gasteiger partial charge is 0.310 e. The van der Waals surface area contributed by atoms with Crippen LogP contribution in [0.4, 0.5) is 10.1 Å². The molecule has 0 saturated carbocycles. The fraction of sp³-hybridized carbons (Fsp3) is 0.474. The van der Waals surface area contributed by atoms with Gasteiger partial charge in [0.25, 0.3) is 0 Å². The van der Waals surface area contributed by atoms with E-state index in [9.17, 15) is 9.18 Å². The fourth-order valence-electron chi connectivity index (χ4n) is 2.64. The van der Waals surface area contributed by atoms with Crippen LogP contribution >= 0.6 is 0 Å². The highest BCUT2D eigenvalue weighted by Crippen LogP contribution is 2.30. The highest BCUT2D eigenvalue weighted by molar-refractivity contribution is 5.95. The monoisotopic (exact) mass is 348 g/mol. The van der Waals surface area contributed by atoms with Crippen molar-refractivity contribution in [2.45, 2.75) is 39.7 Å². The van der Waals surface area contributed by atoms with Gasteiger partial charge in [0.1, 0.15) is 5.82 Å². The first kappa shape index (κ1) is 19.1. The molecule has 1 aromatic carbocycles. The van der Waals surface area contributed by atoms with Crippen molar-refractivity contribution in [3.05, 3.63) is 35.3 Å². The number of hydrogen-bond acceptors (Lipinski definition) is 5. The van der Waals surface area contributed by atoms with E-state index in [0.29, 0.717) is 24.1 Å². The highest BCUT2D eigenvalue weighted by Gasteiger charge is 2.16. The number of fused-ring (bicyclic) bond motifs is 1. The maximum Gasteiger partial charge on any atom is 0.310 e. The number of ether oxygens (including phenoxy) is 2. The topological polar surface area (TPSA) is 60.5 Å². The Labute approximate surface area is 147 Å². The number of pyridine rings is 1. The predicted molar refractivity (Wildman–Crippen MR) is 96.4 cm³/mol. The van der Waals surface area contributed by atoms with Gasteiger partial charge < -0.3 is 14.8 Å². The minimum atomic E-state index is -0.355. The molecule has 0 aliphatic rings. The third-order valence-corrected chi connectivity index (χ3v) is 3.88. The third-order valence-electron chi connectivity index (χ3n) is 3.88. The zero-order valence-electron chi connectivity index (χ0n) is 15.2. The molecule has 0 radical (unpaired) electrons. The third kappa shape index (κ3) is 5.13. The second-order valence-electron chi connectivity index (χ2n) is 6.17. The number of methoxy groups -OCH3 is 1. The number of hydrogen-bond donors (Lipinski definition) is 1. The second kappa shape index (κ2) is 8.76. The van der Waals surface area contributed by atoms with Crippen molar-refractivity contribution >= 4 is 22.6 Å². The Morgan fingerprint density at radius 2 is 2.12 bits per heavy atom. The molecule has 136 valence electrons. The summed E-state index contributed by atoms with van der Waals surface area (Å²) in [6.45, 7) is 7.10. The average molecular weight is 348 g/mol. The lowest BCUT2D eigenvalue weighted by atomic mass is 10.0. The van der Waals surface area contributed by atoms with E-state index in [1.54, 1.807) is 6.07 Å². The number of carbonyl (C=O) groups is 1. The lowest BCUT2D eigenvalue weighted by Gasteiger charge is -2.17. The zero-order chi connectivity index (χ0) is 18.4. The van der Waals surface area contributed by atoms with Gasteiger partial charge in [0, 0.05) is 35.5 Å². The number of rotatable bonds is 8. The number of nitrogens with zero attached hydrogens (tertiary/aromatic N) is 1. The Morgan fingerprint density at radius 1 is 1.36 bits per heavy atom. The number of anilines is 1. The summed E-state index contributed by atoms with van der Waals surface area (Å²) in [5.74, 6) is -0.694. The number of aryl methyl sites for hydroxylation is 1. The van der Waals surface area contributed by atoms with E-state index >= 15 is 0 Å². The zero-order valence-corrected chi connectivity index (χ0v) is 15.2. The molecule has 0 atom stereocenters. The summed E-state index contributed by atoms with van der Waals surface area (Å²) in [6, 6.07) is 4.47. The van der Waals surface area contributed by atoms with Crippen molar-refractivity contribution in [1.29, 1.82) is 0 Å². The van der Waals surface area contributed by atoms with Crippen LogP contribution in [-0.4, -0.2) is 37.3 Å². The van der Waals surface area contributed by atoms with Gasteiger partial charge in [0.05, 0.1) is 25.2 Å². The molecule has 0 amide bonds. The van der Waals surface area contributed by atoms with E-state index in [1.165, 1.54) is 19.2 Å². The van der Waals surface area contributed by atoms with Gasteiger partial charge >= 0.3 is 5.97 Å². The molecule has 0 saturated heterocycles. The van der Waals surface area contributed by atoms with Crippen LogP contribution < -0.4 is 5.32 Å². The molecule has 2 rings (SSSR count). The van der Waals surface area contributed by atoms with E-state index < -0.39 is 0 Å². The Balaban J connectivity index is 2.32. The number of halogens is 1. The van der Waals surface area contributed by atoms with Gasteiger partial charge in [-0.3, -0.25) is 9.78 Å². The molecule has 6 heteroatoms. The average Bonchev–Trinajstić information content (AvgIpc) is 2.57. The highest BCUT2D eigenvalue weighted by atomic mass is 19.1. The Hall–Kier alpha value is -2.21. The van der Waals surface area contributed by atoms with Crippen molar-refractivity contribution < 1.29 is 18.7 Å². The standard InChI is InChI=1S/C19H25FN2O3/c1-12(2)25-9-5-8-21-19-15(11-18(23)24-4)13(3)22-17-7-6-14(20)10-16(17)19/h6-7,10,12H,5,8-9,11H2,1-4H3,(H,21,22). The van der Waals surface area contributed by atoms with Crippen LogP contribution in [-0.2, 0) is 20.7 Å². The quantitative estimate of drug-likeness (QED) is 0.583. The summed E-state index contributed by atoms with van der Waals surface area (Å²) in [6.07, 6.45) is 1.08. The van der Waals surface area contributed by atoms with Crippen LogP contribution in [0, 0.1) is 12.7 Å². The molecule has 0 aliphatic carbocycles. The van der Waals surface area contributed by atoms with E-state index in [4.69, 9.17) is 9.47 Å². The Kier molecular flexibility index (Phi) is 6.70. The minimum Gasteiger partial charge on any atom is -0.469 e. The van der Waals surface area contributed by atoms with Crippen molar-refractivity contribution in [2.24, 2.45) is 0 Å². The summed E-state index contributed by atoms with van der Waals surface area (Å²) >= 11 is 0. The van der Waals surface area contributed by atoms with Gasteiger partial charge in [0.15, 0.2) is 0 Å². The Morgan fingerprint density at radius 3 is 2.80 bits per heavy atom. The van der Waals surface area contributed by atoms with Crippen molar-refractivity contribution in [2.75, 3.05) is 25.6 Å². The van der Waals surface area contributed by atoms with E-state index in [-0.39, 0.29) is 24.3 Å². The van der Waals surface area contributed by atoms with Gasteiger partial charge in [-0.15, -0.1) is 0 Å². The number of carbonyl (C=O) groups excluding carboxylic acids is 1. The molecule has 0 unspecified atom stereocenters. The molecule has 1 heterocycles. The van der Waals surface area contributed by atoms with Crippen molar-refractivity contribution in [3.63, 3.8) is 0 Å². The molecule has 0 aliphatic heterocycles. The predicted octanol–water partition coefficient (Wildman–Crippen LogP) is 3.62. The maximum absolute atomic E-state index is 13.7. The molecule has 0 spiro atoms. The summed E-state index contributed by atoms with van der Waals surface area (Å²) in [5, 5.41) is 3.99. The van der Waals surface area contributed by atoms with E-state index in [2.05, 4.69) is 10.3 Å². The number of esters is 1. The molecular weight excluding hydrogens is 323 g/mol. The lowest BCUT2D eigenvalue weighted by Crippen LogP contribution is -2.14. The van der Waals surface area contributed by atoms with Crippen molar-refractivity contribution in [3.8, 4) is 0 Å². The van der Waals surface area contributed by atoms with Crippen LogP contribution in [0.15, 0.2) is 18.2 Å². The van der Waals surface area contributed by atoms with Crippen LogP contribution in [0.3, 0.4) is 0 Å². The summed E-state index contributed by atoms with van der Waals surface area (Å²) in [7, 11) is 1.35. The molecule has 1 aromatic heterocycles. The Bertz CT molecular complexity index is 747. The molecule has 1 N–H and O–H groups in total. The van der Waals surface area contributed by atoms with Gasteiger partial charge in [-0.1, -0.05) is 0 Å². The van der Waals surface area contributed by atoms with Crippen LogP contribution in [0.1, 0.15) is 31.5 Å². The van der Waals surface area contributed by atoms with Gasteiger partial charge in [0.2, 0.25) is 0 Å². The SMILES string of the molecule is COC(=O)Cc1c(C)nc2ccc(F)cc2c1NCCCOC(C)C. The maximum atomic E-state index is 13.7. The first-order valence-electron chi connectivity index (χ1n) is 8.43. The molecule has 0 fully saturated rings. The van der Waals surface area contributed by atoms with Gasteiger partial charge in [-0.05, 0) is 45.4 Å². The molecular formula is C19H25FN2O3. The first-order valence-corrected chi connectivity index (χ1v) is 8.43. The minimum absolute atomic E-state index is 0.0899. The molecule has 5 nitrogen and oxygen atoms in total. The van der Waals surface area contributed by atoms with Crippen LogP contribution in [0.2, 0.25) is 0 Å². The van der Waals surface area contributed by atoms with E-state index in [1.807, 2.05) is 20.8 Å². The lowest BCUT2D eigenvalue weighted by molar-refractivity contribution is -0.139. The summed E-state index contributed by atoms with van der Waals surface area (Å²) < 4.78 is 24.1. The summed E-state index contributed by atoms with van der Waals surface area (Å²) in [4.78, 5) is 16.3. The van der Waals surface area contributed by atoms with Gasteiger partial charge in [-0.2, -0.15) is 0 Å². The van der Waals surface area contributed by atoms with E-state index in [0.717, 1.165) is 23.4 Å². The molecule has 25 heavy (non-hydrogen) atoms.